The molecule has 0 saturated heterocycles. The van der Waals surface area contributed by atoms with Crippen LogP contribution in [0.1, 0.15) is 45.8 Å². The van der Waals surface area contributed by atoms with Gasteiger partial charge in [0.1, 0.15) is 11.4 Å². The van der Waals surface area contributed by atoms with Gasteiger partial charge < -0.3 is 19.8 Å². The lowest BCUT2D eigenvalue weighted by molar-refractivity contribution is -0.126. The van der Waals surface area contributed by atoms with Crippen molar-refractivity contribution in [2.24, 2.45) is 11.8 Å². The average molecular weight is 336 g/mol. The van der Waals surface area contributed by atoms with Gasteiger partial charge in [-0.3, -0.25) is 4.79 Å². The number of amides is 2. The molecule has 2 amide bonds. The van der Waals surface area contributed by atoms with Crippen LogP contribution in [-0.4, -0.2) is 30.7 Å². The highest BCUT2D eigenvalue weighted by molar-refractivity contribution is 5.79. The van der Waals surface area contributed by atoms with E-state index in [2.05, 4.69) is 10.6 Å². The predicted molar refractivity (Wildman–Crippen MR) is 90.5 cm³/mol. The van der Waals surface area contributed by atoms with Crippen molar-refractivity contribution in [1.82, 2.24) is 10.6 Å². The molecule has 0 radical (unpaired) electrons. The Hall–Kier alpha value is -1.98. The molecule has 1 aliphatic rings. The number of hydrogen-bond donors (Lipinski definition) is 2. The molecule has 2 N–H and O–H groups in total. The van der Waals surface area contributed by atoms with Crippen LogP contribution in [0, 0.1) is 11.8 Å². The fraction of sp³-hybridized carbons (Fsp3) is 0.667. The van der Waals surface area contributed by atoms with Crippen LogP contribution in [0.2, 0.25) is 0 Å². The molecule has 1 aromatic heterocycles. The number of alkyl carbamates (subject to hydrolysis) is 1. The van der Waals surface area contributed by atoms with E-state index in [0.717, 1.165) is 25.0 Å². The van der Waals surface area contributed by atoms with Crippen molar-refractivity contribution in [2.75, 3.05) is 13.1 Å². The van der Waals surface area contributed by atoms with Gasteiger partial charge in [0.15, 0.2) is 0 Å². The Kier molecular flexibility index (Phi) is 6.29. The van der Waals surface area contributed by atoms with Gasteiger partial charge >= 0.3 is 6.09 Å². The summed E-state index contributed by atoms with van der Waals surface area (Å²) < 4.78 is 10.5. The first kappa shape index (κ1) is 18.4. The van der Waals surface area contributed by atoms with E-state index in [1.165, 1.54) is 0 Å². The quantitative estimate of drug-likeness (QED) is 0.837. The Labute approximate surface area is 143 Å². The summed E-state index contributed by atoms with van der Waals surface area (Å²) >= 11 is 0. The minimum absolute atomic E-state index is 0.0449. The lowest BCUT2D eigenvalue weighted by Crippen LogP contribution is -2.40. The van der Waals surface area contributed by atoms with Gasteiger partial charge in [-0.2, -0.15) is 0 Å². The molecule has 1 fully saturated rings. The predicted octanol–water partition coefficient (Wildman–Crippen LogP) is 2.88. The molecule has 0 aliphatic heterocycles. The van der Waals surface area contributed by atoms with Crippen LogP contribution >= 0.6 is 0 Å². The smallest absolute Gasteiger partial charge is 0.407 e. The van der Waals surface area contributed by atoms with E-state index in [-0.39, 0.29) is 17.7 Å². The lowest BCUT2D eigenvalue weighted by atomic mass is 9.95. The largest absolute Gasteiger partial charge is 0.469 e. The van der Waals surface area contributed by atoms with Crippen LogP contribution in [0.4, 0.5) is 4.79 Å². The maximum absolute atomic E-state index is 12.4. The molecule has 2 atom stereocenters. The summed E-state index contributed by atoms with van der Waals surface area (Å²) in [5, 5.41) is 5.76. The number of nitrogens with one attached hydrogen (secondary N) is 2. The van der Waals surface area contributed by atoms with Gasteiger partial charge in [0, 0.05) is 25.4 Å². The summed E-state index contributed by atoms with van der Waals surface area (Å²) in [5.74, 6) is 1.05. The Balaban J connectivity index is 1.73. The van der Waals surface area contributed by atoms with E-state index in [4.69, 9.17) is 9.15 Å². The third kappa shape index (κ3) is 5.91. The van der Waals surface area contributed by atoms with Crippen molar-refractivity contribution in [3.8, 4) is 0 Å². The molecular weight excluding hydrogens is 308 g/mol. The molecule has 0 aromatic carbocycles. The molecule has 24 heavy (non-hydrogen) atoms. The first-order valence-corrected chi connectivity index (χ1v) is 8.62. The van der Waals surface area contributed by atoms with Gasteiger partial charge in [-0.15, -0.1) is 0 Å². The molecule has 1 aromatic rings. The molecular formula is C18H28N2O4. The van der Waals surface area contributed by atoms with Gasteiger partial charge in [0.25, 0.3) is 0 Å². The molecule has 2 unspecified atom stereocenters. The molecule has 1 heterocycles. The van der Waals surface area contributed by atoms with Gasteiger partial charge in [-0.1, -0.05) is 6.42 Å². The zero-order valence-electron chi connectivity index (χ0n) is 14.8. The van der Waals surface area contributed by atoms with Crippen molar-refractivity contribution in [3.63, 3.8) is 0 Å². The SMILES string of the molecule is CC(C)(C)OC(=O)NCC1CCCC1C(=O)NCCc1ccco1. The maximum atomic E-state index is 12.4. The second-order valence-electron chi connectivity index (χ2n) is 7.30. The van der Waals surface area contributed by atoms with E-state index < -0.39 is 11.7 Å². The molecule has 1 saturated carbocycles. The van der Waals surface area contributed by atoms with E-state index >= 15 is 0 Å². The molecule has 0 spiro atoms. The standard InChI is InChI=1S/C18H28N2O4/c1-18(2,3)24-17(22)20-12-13-6-4-8-15(13)16(21)19-10-9-14-7-5-11-23-14/h5,7,11,13,15H,4,6,8-10,12H2,1-3H3,(H,19,21)(H,20,22). The molecule has 6 nitrogen and oxygen atoms in total. The third-order valence-electron chi connectivity index (χ3n) is 4.15. The Morgan fingerprint density at radius 3 is 2.75 bits per heavy atom. The number of carbonyl (C=O) groups is 2. The summed E-state index contributed by atoms with van der Waals surface area (Å²) in [6, 6.07) is 3.74. The van der Waals surface area contributed by atoms with E-state index in [9.17, 15) is 9.59 Å². The van der Waals surface area contributed by atoms with Crippen molar-refractivity contribution in [2.45, 2.75) is 52.1 Å². The lowest BCUT2D eigenvalue weighted by Gasteiger charge is -2.22. The molecule has 0 bridgehead atoms. The summed E-state index contributed by atoms with van der Waals surface area (Å²) in [4.78, 5) is 24.1. The topological polar surface area (TPSA) is 80.6 Å². The van der Waals surface area contributed by atoms with Crippen molar-refractivity contribution < 1.29 is 18.7 Å². The Morgan fingerprint density at radius 2 is 2.08 bits per heavy atom. The van der Waals surface area contributed by atoms with Crippen LogP contribution < -0.4 is 10.6 Å². The fourth-order valence-corrected chi connectivity index (χ4v) is 3.05. The normalized spacial score (nSPS) is 20.6. The van der Waals surface area contributed by atoms with Gasteiger partial charge in [0.2, 0.25) is 5.91 Å². The summed E-state index contributed by atoms with van der Waals surface area (Å²) in [6.45, 7) is 6.53. The van der Waals surface area contributed by atoms with Crippen molar-refractivity contribution in [1.29, 1.82) is 0 Å². The number of carbonyl (C=O) groups excluding carboxylic acids is 2. The molecule has 134 valence electrons. The van der Waals surface area contributed by atoms with Crippen LogP contribution in [-0.2, 0) is 16.0 Å². The van der Waals surface area contributed by atoms with Crippen LogP contribution in [0.3, 0.4) is 0 Å². The first-order chi connectivity index (χ1) is 11.3. The van der Waals surface area contributed by atoms with Crippen LogP contribution in [0.25, 0.3) is 0 Å². The number of ether oxygens (including phenoxy) is 1. The number of rotatable bonds is 6. The highest BCUT2D eigenvalue weighted by Crippen LogP contribution is 2.31. The molecule has 2 rings (SSSR count). The summed E-state index contributed by atoms with van der Waals surface area (Å²) in [5.41, 5.74) is -0.512. The van der Waals surface area contributed by atoms with Gasteiger partial charge in [0.05, 0.1) is 6.26 Å². The second kappa shape index (κ2) is 8.22. The third-order valence-corrected chi connectivity index (χ3v) is 4.15. The van der Waals surface area contributed by atoms with E-state index in [1.54, 1.807) is 6.26 Å². The first-order valence-electron chi connectivity index (χ1n) is 8.62. The van der Waals surface area contributed by atoms with Crippen molar-refractivity contribution >= 4 is 12.0 Å². The van der Waals surface area contributed by atoms with Gasteiger partial charge in [-0.05, 0) is 51.7 Å². The van der Waals surface area contributed by atoms with E-state index in [0.29, 0.717) is 19.5 Å². The highest BCUT2D eigenvalue weighted by atomic mass is 16.6. The summed E-state index contributed by atoms with van der Waals surface area (Å²) in [7, 11) is 0. The molecule has 1 aliphatic carbocycles. The number of hydrogen-bond acceptors (Lipinski definition) is 4. The second-order valence-corrected chi connectivity index (χ2v) is 7.30. The monoisotopic (exact) mass is 336 g/mol. The molecule has 6 heteroatoms. The van der Waals surface area contributed by atoms with Crippen LogP contribution in [0.15, 0.2) is 22.8 Å². The minimum Gasteiger partial charge on any atom is -0.469 e. The summed E-state index contributed by atoms with van der Waals surface area (Å²) in [6.07, 6.45) is 4.72. The van der Waals surface area contributed by atoms with Crippen LogP contribution in [0.5, 0.6) is 0 Å². The zero-order chi connectivity index (χ0) is 17.6. The number of furan rings is 1. The Morgan fingerprint density at radius 1 is 1.29 bits per heavy atom. The fourth-order valence-electron chi connectivity index (χ4n) is 3.05. The highest BCUT2D eigenvalue weighted by Gasteiger charge is 2.33. The maximum Gasteiger partial charge on any atom is 0.407 e. The zero-order valence-corrected chi connectivity index (χ0v) is 14.8. The van der Waals surface area contributed by atoms with Crippen molar-refractivity contribution in [3.05, 3.63) is 24.2 Å². The van der Waals surface area contributed by atoms with E-state index in [1.807, 2.05) is 32.9 Å². The van der Waals surface area contributed by atoms with Gasteiger partial charge in [-0.25, -0.2) is 4.79 Å². The minimum atomic E-state index is -0.512. The average Bonchev–Trinajstić information content (AvgIpc) is 3.14. The Bertz CT molecular complexity index is 534.